The van der Waals surface area contributed by atoms with E-state index in [1.807, 2.05) is 0 Å². The maximum Gasteiger partial charge on any atom is 0.238 e. The van der Waals surface area contributed by atoms with Crippen LogP contribution in [-0.4, -0.2) is 33.2 Å². The van der Waals surface area contributed by atoms with Crippen molar-refractivity contribution in [2.75, 3.05) is 13.1 Å². The van der Waals surface area contributed by atoms with Crippen LogP contribution in [0.5, 0.6) is 0 Å². The third-order valence-corrected chi connectivity index (χ3v) is 1.94. The van der Waals surface area contributed by atoms with Gasteiger partial charge in [-0.1, -0.05) is 12.1 Å². The Bertz CT molecular complexity index is 394. The van der Waals surface area contributed by atoms with Gasteiger partial charge in [0.2, 0.25) is 11.7 Å². The van der Waals surface area contributed by atoms with Crippen molar-refractivity contribution in [1.29, 1.82) is 0 Å². The van der Waals surface area contributed by atoms with E-state index in [0.717, 1.165) is 19.5 Å². The van der Waals surface area contributed by atoms with Gasteiger partial charge in [0.1, 0.15) is 0 Å². The lowest BCUT2D eigenvalue weighted by Crippen LogP contribution is -2.16. The summed E-state index contributed by atoms with van der Waals surface area (Å²) in [5.41, 5.74) is 0. The van der Waals surface area contributed by atoms with E-state index in [4.69, 9.17) is 4.52 Å². The second-order valence-corrected chi connectivity index (χ2v) is 3.05. The third-order valence-electron chi connectivity index (χ3n) is 1.94. The van der Waals surface area contributed by atoms with Gasteiger partial charge in [-0.05, 0) is 6.54 Å². The van der Waals surface area contributed by atoms with E-state index in [2.05, 4.69) is 32.3 Å². The lowest BCUT2D eigenvalue weighted by Gasteiger charge is -1.94. The zero-order chi connectivity index (χ0) is 10.5. The Morgan fingerprint density at radius 1 is 1.53 bits per heavy atom. The van der Waals surface area contributed by atoms with Crippen molar-refractivity contribution in [3.8, 4) is 11.6 Å². The molecule has 2 aromatic rings. The average molecular weight is 207 g/mol. The van der Waals surface area contributed by atoms with Gasteiger partial charge < -0.3 is 14.8 Å². The molecule has 2 aromatic heterocycles. The van der Waals surface area contributed by atoms with Crippen molar-refractivity contribution >= 4 is 0 Å². The van der Waals surface area contributed by atoms with Gasteiger partial charge in [0, 0.05) is 25.4 Å². The molecule has 2 rings (SSSR count). The van der Waals surface area contributed by atoms with E-state index in [9.17, 15) is 0 Å². The number of rotatable bonds is 5. The number of nitrogens with one attached hydrogen (secondary N) is 2. The summed E-state index contributed by atoms with van der Waals surface area (Å²) < 4.78 is 5.07. The lowest BCUT2D eigenvalue weighted by molar-refractivity contribution is 0.376. The van der Waals surface area contributed by atoms with Gasteiger partial charge in [0.25, 0.3) is 0 Å². The number of aromatic nitrogens is 4. The first-order chi connectivity index (χ1) is 7.40. The molecule has 0 aliphatic heterocycles. The van der Waals surface area contributed by atoms with Crippen LogP contribution in [0.2, 0.25) is 0 Å². The number of aromatic amines is 1. The zero-order valence-corrected chi connectivity index (χ0v) is 8.53. The summed E-state index contributed by atoms with van der Waals surface area (Å²) in [4.78, 5) is 11.2. The summed E-state index contributed by atoms with van der Waals surface area (Å²) in [5.74, 6) is 1.77. The Labute approximate surface area is 87.1 Å². The summed E-state index contributed by atoms with van der Waals surface area (Å²) in [6.07, 6.45) is 4.12. The normalized spacial score (nSPS) is 10.7. The standard InChI is InChI=1S/C9H13N5O/c1-2-10-4-3-7-13-9(14-15-7)8-11-5-6-12-8/h5-6,10H,2-4H2,1H3,(H,11,12). The predicted molar refractivity (Wildman–Crippen MR) is 54.1 cm³/mol. The van der Waals surface area contributed by atoms with E-state index >= 15 is 0 Å². The summed E-state index contributed by atoms with van der Waals surface area (Å²) in [6, 6.07) is 0. The molecule has 0 atom stereocenters. The third kappa shape index (κ3) is 2.41. The van der Waals surface area contributed by atoms with E-state index in [-0.39, 0.29) is 0 Å². The van der Waals surface area contributed by atoms with Crippen molar-refractivity contribution in [3.63, 3.8) is 0 Å². The molecule has 15 heavy (non-hydrogen) atoms. The molecular formula is C9H13N5O. The first kappa shape index (κ1) is 9.85. The minimum Gasteiger partial charge on any atom is -0.342 e. The average Bonchev–Trinajstić information content (AvgIpc) is 2.87. The summed E-state index contributed by atoms with van der Waals surface area (Å²) >= 11 is 0. The fourth-order valence-electron chi connectivity index (χ4n) is 1.21. The Balaban J connectivity index is 1.98. The molecule has 0 radical (unpaired) electrons. The van der Waals surface area contributed by atoms with Crippen molar-refractivity contribution < 1.29 is 4.52 Å². The van der Waals surface area contributed by atoms with Crippen LogP contribution in [0.15, 0.2) is 16.9 Å². The quantitative estimate of drug-likeness (QED) is 0.702. The fraction of sp³-hybridized carbons (Fsp3) is 0.444. The van der Waals surface area contributed by atoms with Gasteiger partial charge in [-0.25, -0.2) is 4.98 Å². The first-order valence-electron chi connectivity index (χ1n) is 4.93. The van der Waals surface area contributed by atoms with Crippen LogP contribution in [0, 0.1) is 0 Å². The topological polar surface area (TPSA) is 79.6 Å². The number of nitrogens with zero attached hydrogens (tertiary/aromatic N) is 3. The van der Waals surface area contributed by atoms with Gasteiger partial charge in [-0.3, -0.25) is 0 Å². The van der Waals surface area contributed by atoms with E-state index < -0.39 is 0 Å². The molecule has 0 amide bonds. The molecule has 0 aromatic carbocycles. The van der Waals surface area contributed by atoms with Crippen LogP contribution in [0.3, 0.4) is 0 Å². The molecule has 0 fully saturated rings. The second kappa shape index (κ2) is 4.70. The van der Waals surface area contributed by atoms with E-state index in [1.165, 1.54) is 0 Å². The van der Waals surface area contributed by atoms with Crippen LogP contribution in [0.1, 0.15) is 12.8 Å². The van der Waals surface area contributed by atoms with Crippen molar-refractivity contribution in [3.05, 3.63) is 18.3 Å². The molecule has 6 heteroatoms. The Hall–Kier alpha value is -1.69. The summed E-state index contributed by atoms with van der Waals surface area (Å²) in [6.45, 7) is 3.84. The predicted octanol–water partition coefficient (Wildman–Crippen LogP) is 0.612. The molecule has 80 valence electrons. The Morgan fingerprint density at radius 2 is 2.47 bits per heavy atom. The van der Waals surface area contributed by atoms with Gasteiger partial charge >= 0.3 is 0 Å². The molecule has 2 N–H and O–H groups in total. The number of H-pyrrole nitrogens is 1. The van der Waals surface area contributed by atoms with Crippen molar-refractivity contribution in [1.82, 2.24) is 25.4 Å². The smallest absolute Gasteiger partial charge is 0.238 e. The SMILES string of the molecule is CCNCCc1nc(-c2ncc[nH]2)no1. The minimum absolute atomic E-state index is 0.506. The van der Waals surface area contributed by atoms with Gasteiger partial charge in [0.15, 0.2) is 5.82 Å². The highest BCUT2D eigenvalue weighted by molar-refractivity contribution is 5.40. The van der Waals surface area contributed by atoms with Crippen LogP contribution in [0.25, 0.3) is 11.6 Å². The zero-order valence-electron chi connectivity index (χ0n) is 8.53. The molecule has 0 bridgehead atoms. The highest BCUT2D eigenvalue weighted by Crippen LogP contribution is 2.09. The molecule has 6 nitrogen and oxygen atoms in total. The highest BCUT2D eigenvalue weighted by atomic mass is 16.5. The second-order valence-electron chi connectivity index (χ2n) is 3.05. The van der Waals surface area contributed by atoms with Crippen LogP contribution >= 0.6 is 0 Å². The van der Waals surface area contributed by atoms with Gasteiger partial charge in [-0.15, -0.1) is 0 Å². The number of imidazole rings is 1. The van der Waals surface area contributed by atoms with Gasteiger partial charge in [-0.2, -0.15) is 4.98 Å². The number of hydrogen-bond donors (Lipinski definition) is 2. The maximum atomic E-state index is 5.07. The molecular weight excluding hydrogens is 194 g/mol. The minimum atomic E-state index is 0.506. The molecule has 0 unspecified atom stereocenters. The molecule has 0 spiro atoms. The molecule has 2 heterocycles. The molecule has 0 aliphatic carbocycles. The Kier molecular flexibility index (Phi) is 3.08. The molecule has 0 aliphatic rings. The van der Waals surface area contributed by atoms with Crippen molar-refractivity contribution in [2.24, 2.45) is 0 Å². The fourth-order valence-corrected chi connectivity index (χ4v) is 1.21. The monoisotopic (exact) mass is 207 g/mol. The number of hydrogen-bond acceptors (Lipinski definition) is 5. The maximum absolute atomic E-state index is 5.07. The largest absolute Gasteiger partial charge is 0.342 e. The van der Waals surface area contributed by atoms with Crippen LogP contribution in [0.4, 0.5) is 0 Å². The van der Waals surface area contributed by atoms with Gasteiger partial charge in [0.05, 0.1) is 0 Å². The van der Waals surface area contributed by atoms with Crippen molar-refractivity contribution in [2.45, 2.75) is 13.3 Å². The molecule has 0 saturated heterocycles. The van der Waals surface area contributed by atoms with E-state index in [0.29, 0.717) is 17.5 Å². The van der Waals surface area contributed by atoms with Crippen LogP contribution < -0.4 is 5.32 Å². The lowest BCUT2D eigenvalue weighted by atomic mass is 10.4. The first-order valence-corrected chi connectivity index (χ1v) is 4.93. The van der Waals surface area contributed by atoms with E-state index in [1.54, 1.807) is 12.4 Å². The number of likely N-dealkylation sites (N-methyl/N-ethyl adjacent to an activating group) is 1. The highest BCUT2D eigenvalue weighted by Gasteiger charge is 2.09. The summed E-state index contributed by atoms with van der Waals surface area (Å²) in [5, 5.41) is 7.02. The Morgan fingerprint density at radius 3 is 3.20 bits per heavy atom. The molecule has 0 saturated carbocycles. The summed E-state index contributed by atoms with van der Waals surface area (Å²) in [7, 11) is 0. The van der Waals surface area contributed by atoms with Crippen LogP contribution in [-0.2, 0) is 6.42 Å².